The molecule has 0 aliphatic carbocycles. The first-order valence-electron chi connectivity index (χ1n) is 4.53. The lowest BCUT2D eigenvalue weighted by atomic mass is 10.1. The molecule has 81 valence electrons. The predicted octanol–water partition coefficient (Wildman–Crippen LogP) is 1.48. The standard InChI is InChI=1S/C10H17O4/c1-6-8(11)14-10(4,5)9(12)13-7(2)3/h6-7H,1-5H3. The summed E-state index contributed by atoms with van der Waals surface area (Å²) in [5.74, 6) is -1.07. The Bertz CT molecular complexity index is 218. The SMILES string of the molecule is C[CH]C(=O)OC(C)(C)C(=O)OC(C)C. The van der Waals surface area contributed by atoms with Crippen molar-refractivity contribution < 1.29 is 19.1 Å². The molecule has 4 heteroatoms. The maximum absolute atomic E-state index is 11.4. The Morgan fingerprint density at radius 2 is 1.79 bits per heavy atom. The van der Waals surface area contributed by atoms with Gasteiger partial charge in [0.15, 0.2) is 0 Å². The van der Waals surface area contributed by atoms with Crippen LogP contribution in [0.3, 0.4) is 0 Å². The van der Waals surface area contributed by atoms with E-state index in [1.165, 1.54) is 20.3 Å². The minimum absolute atomic E-state index is 0.217. The third kappa shape index (κ3) is 4.25. The van der Waals surface area contributed by atoms with Gasteiger partial charge in [-0.3, -0.25) is 4.79 Å². The highest BCUT2D eigenvalue weighted by Crippen LogP contribution is 2.13. The summed E-state index contributed by atoms with van der Waals surface area (Å²) in [4.78, 5) is 22.3. The average Bonchev–Trinajstić information content (AvgIpc) is 2.02. The van der Waals surface area contributed by atoms with Crippen molar-refractivity contribution in [3.8, 4) is 0 Å². The van der Waals surface area contributed by atoms with E-state index in [9.17, 15) is 9.59 Å². The summed E-state index contributed by atoms with van der Waals surface area (Å²) in [6, 6.07) is 0. The average molecular weight is 201 g/mol. The Hall–Kier alpha value is -1.06. The van der Waals surface area contributed by atoms with Gasteiger partial charge in [-0.05, 0) is 27.7 Å². The maximum Gasteiger partial charge on any atom is 0.350 e. The predicted molar refractivity (Wildman–Crippen MR) is 51.4 cm³/mol. The topological polar surface area (TPSA) is 52.6 Å². The number of rotatable bonds is 4. The molecule has 0 aromatic carbocycles. The zero-order valence-electron chi connectivity index (χ0n) is 9.29. The van der Waals surface area contributed by atoms with Gasteiger partial charge in [0, 0.05) is 0 Å². The van der Waals surface area contributed by atoms with Crippen LogP contribution in [0.5, 0.6) is 0 Å². The normalized spacial score (nSPS) is 11.3. The van der Waals surface area contributed by atoms with Crippen molar-refractivity contribution in [1.82, 2.24) is 0 Å². The molecule has 0 aliphatic heterocycles. The molecule has 0 aromatic rings. The molecule has 0 fully saturated rings. The van der Waals surface area contributed by atoms with Crippen LogP contribution in [0.25, 0.3) is 0 Å². The summed E-state index contributed by atoms with van der Waals surface area (Å²) in [7, 11) is 0. The van der Waals surface area contributed by atoms with Crippen LogP contribution < -0.4 is 0 Å². The van der Waals surface area contributed by atoms with E-state index in [4.69, 9.17) is 9.47 Å². The number of carbonyl (C=O) groups is 2. The second kappa shape index (κ2) is 4.98. The van der Waals surface area contributed by atoms with Gasteiger partial charge in [0.25, 0.3) is 0 Å². The number of ether oxygens (including phenoxy) is 2. The van der Waals surface area contributed by atoms with Gasteiger partial charge >= 0.3 is 11.9 Å². The first-order valence-corrected chi connectivity index (χ1v) is 4.53. The summed E-state index contributed by atoms with van der Waals surface area (Å²) in [5, 5.41) is 0. The van der Waals surface area contributed by atoms with Crippen LogP contribution in [0, 0.1) is 6.42 Å². The van der Waals surface area contributed by atoms with Gasteiger partial charge < -0.3 is 9.47 Å². The van der Waals surface area contributed by atoms with Crippen LogP contribution in [-0.2, 0) is 19.1 Å². The zero-order chi connectivity index (χ0) is 11.4. The van der Waals surface area contributed by atoms with Crippen molar-refractivity contribution in [2.75, 3.05) is 0 Å². The van der Waals surface area contributed by atoms with Gasteiger partial charge in [-0.2, -0.15) is 0 Å². The summed E-state index contributed by atoms with van der Waals surface area (Å²) in [5.41, 5.74) is -1.23. The van der Waals surface area contributed by atoms with E-state index in [-0.39, 0.29) is 6.10 Å². The van der Waals surface area contributed by atoms with Crippen molar-refractivity contribution in [3.63, 3.8) is 0 Å². The zero-order valence-corrected chi connectivity index (χ0v) is 9.29. The van der Waals surface area contributed by atoms with Gasteiger partial charge in [0.05, 0.1) is 12.5 Å². The molecule has 0 unspecified atom stereocenters. The molecule has 0 heterocycles. The lowest BCUT2D eigenvalue weighted by Crippen LogP contribution is -2.39. The van der Waals surface area contributed by atoms with E-state index in [0.717, 1.165) is 0 Å². The van der Waals surface area contributed by atoms with Crippen LogP contribution >= 0.6 is 0 Å². The Balaban J connectivity index is 4.30. The van der Waals surface area contributed by atoms with E-state index < -0.39 is 17.5 Å². The molecule has 0 N–H and O–H groups in total. The third-order valence-electron chi connectivity index (χ3n) is 1.43. The van der Waals surface area contributed by atoms with Gasteiger partial charge in [-0.25, -0.2) is 4.79 Å². The molecule has 0 rings (SSSR count). The first kappa shape index (κ1) is 12.9. The number of esters is 2. The lowest BCUT2D eigenvalue weighted by molar-refractivity contribution is -0.179. The van der Waals surface area contributed by atoms with Crippen LogP contribution in [0.4, 0.5) is 0 Å². The molecule has 0 atom stereocenters. The highest BCUT2D eigenvalue weighted by atomic mass is 16.6. The lowest BCUT2D eigenvalue weighted by Gasteiger charge is -2.23. The monoisotopic (exact) mass is 201 g/mol. The van der Waals surface area contributed by atoms with Crippen LogP contribution in [-0.4, -0.2) is 23.6 Å². The fourth-order valence-corrected chi connectivity index (χ4v) is 0.708. The molecule has 1 radical (unpaired) electrons. The van der Waals surface area contributed by atoms with Crippen molar-refractivity contribution >= 4 is 11.9 Å². The fourth-order valence-electron chi connectivity index (χ4n) is 0.708. The van der Waals surface area contributed by atoms with Crippen molar-refractivity contribution in [2.24, 2.45) is 0 Å². The molecule has 4 nitrogen and oxygen atoms in total. The molecule has 0 aromatic heterocycles. The minimum Gasteiger partial charge on any atom is -0.460 e. The van der Waals surface area contributed by atoms with Gasteiger partial charge in [0.2, 0.25) is 5.60 Å². The van der Waals surface area contributed by atoms with Crippen LogP contribution in [0.1, 0.15) is 34.6 Å². The Morgan fingerprint density at radius 3 is 2.14 bits per heavy atom. The van der Waals surface area contributed by atoms with E-state index >= 15 is 0 Å². The maximum atomic E-state index is 11.4. The summed E-state index contributed by atoms with van der Waals surface area (Å²) >= 11 is 0. The Labute approximate surface area is 84.6 Å². The fraction of sp³-hybridized carbons (Fsp3) is 0.700. The Morgan fingerprint density at radius 1 is 1.29 bits per heavy atom. The summed E-state index contributed by atoms with van der Waals surface area (Å²) in [6.45, 7) is 8.02. The number of hydrogen-bond donors (Lipinski definition) is 0. The van der Waals surface area contributed by atoms with E-state index in [1.54, 1.807) is 20.8 Å². The van der Waals surface area contributed by atoms with E-state index in [1.807, 2.05) is 0 Å². The van der Waals surface area contributed by atoms with Crippen molar-refractivity contribution in [2.45, 2.75) is 46.3 Å². The minimum atomic E-state index is -1.23. The molecule has 0 amide bonds. The van der Waals surface area contributed by atoms with Crippen molar-refractivity contribution in [3.05, 3.63) is 6.42 Å². The summed E-state index contributed by atoms with van der Waals surface area (Å²) < 4.78 is 9.81. The smallest absolute Gasteiger partial charge is 0.350 e. The molecule has 0 saturated carbocycles. The van der Waals surface area contributed by atoms with Crippen molar-refractivity contribution in [1.29, 1.82) is 0 Å². The summed E-state index contributed by atoms with van der Waals surface area (Å²) in [6.07, 6.45) is 1.04. The van der Waals surface area contributed by atoms with Gasteiger partial charge in [-0.1, -0.05) is 6.92 Å². The second-order valence-electron chi connectivity index (χ2n) is 3.67. The molecular weight excluding hydrogens is 184 g/mol. The molecule has 0 spiro atoms. The van der Waals surface area contributed by atoms with E-state index in [2.05, 4.69) is 0 Å². The van der Waals surface area contributed by atoms with Crippen LogP contribution in [0.2, 0.25) is 0 Å². The molecule has 0 saturated heterocycles. The Kier molecular flexibility index (Phi) is 4.60. The largest absolute Gasteiger partial charge is 0.460 e. The first-order chi connectivity index (χ1) is 6.29. The van der Waals surface area contributed by atoms with Crippen LogP contribution in [0.15, 0.2) is 0 Å². The number of hydrogen-bond acceptors (Lipinski definition) is 4. The molecule has 0 bridgehead atoms. The molecular formula is C10H17O4. The third-order valence-corrected chi connectivity index (χ3v) is 1.43. The number of carbonyl (C=O) groups excluding carboxylic acids is 2. The molecule has 0 aliphatic rings. The highest BCUT2D eigenvalue weighted by Gasteiger charge is 2.33. The van der Waals surface area contributed by atoms with Gasteiger partial charge in [0.1, 0.15) is 0 Å². The van der Waals surface area contributed by atoms with E-state index in [0.29, 0.717) is 0 Å². The second-order valence-corrected chi connectivity index (χ2v) is 3.67. The molecule has 14 heavy (non-hydrogen) atoms. The van der Waals surface area contributed by atoms with Gasteiger partial charge in [-0.15, -0.1) is 0 Å². The highest BCUT2D eigenvalue weighted by molar-refractivity contribution is 5.85. The quantitative estimate of drug-likeness (QED) is 0.646.